The molecule has 2 heterocycles. The fourth-order valence-corrected chi connectivity index (χ4v) is 4.99. The van der Waals surface area contributed by atoms with E-state index in [4.69, 9.17) is 9.47 Å². The number of nitrogens with one attached hydrogen (secondary N) is 1. The topological polar surface area (TPSA) is 88.2 Å². The summed E-state index contributed by atoms with van der Waals surface area (Å²) in [5, 5.41) is 2.89. The number of anilines is 1. The number of carbonyl (C=O) groups is 1. The summed E-state index contributed by atoms with van der Waals surface area (Å²) in [7, 11) is -3.67. The third-order valence-corrected chi connectivity index (χ3v) is 6.54. The second-order valence-electron chi connectivity index (χ2n) is 7.61. The van der Waals surface area contributed by atoms with Gasteiger partial charge >= 0.3 is 0 Å². The van der Waals surface area contributed by atoms with Crippen molar-refractivity contribution in [1.82, 2.24) is 10.2 Å². The molecule has 0 saturated carbocycles. The van der Waals surface area contributed by atoms with E-state index >= 15 is 0 Å². The van der Waals surface area contributed by atoms with Crippen LogP contribution in [0.25, 0.3) is 0 Å². The van der Waals surface area contributed by atoms with Crippen LogP contribution in [0.2, 0.25) is 0 Å². The Morgan fingerprint density at radius 1 is 1.14 bits per heavy atom. The quantitative estimate of drug-likeness (QED) is 0.714. The molecule has 1 aromatic carbocycles. The minimum absolute atomic E-state index is 0.319. The van der Waals surface area contributed by atoms with Gasteiger partial charge in [0.05, 0.1) is 11.9 Å². The Kier molecular flexibility index (Phi) is 7.23. The van der Waals surface area contributed by atoms with Crippen LogP contribution in [-0.2, 0) is 14.8 Å². The molecule has 0 aromatic heterocycles. The van der Waals surface area contributed by atoms with Gasteiger partial charge in [-0.05, 0) is 45.0 Å². The molecule has 1 atom stereocenters. The molecule has 1 amide bonds. The summed E-state index contributed by atoms with van der Waals surface area (Å²) in [5.41, 5.74) is 0.381. The summed E-state index contributed by atoms with van der Waals surface area (Å²) in [6.07, 6.45) is 6.01. The molecule has 2 aliphatic rings. The first-order chi connectivity index (χ1) is 13.9. The first kappa shape index (κ1) is 21.7. The lowest BCUT2D eigenvalue weighted by molar-refractivity contribution is -0.121. The number of fused-ring (bicyclic) bond motifs is 1. The molecule has 1 N–H and O–H groups in total. The predicted molar refractivity (Wildman–Crippen MR) is 112 cm³/mol. The van der Waals surface area contributed by atoms with E-state index < -0.39 is 16.1 Å². The van der Waals surface area contributed by atoms with E-state index in [1.54, 1.807) is 25.1 Å². The van der Waals surface area contributed by atoms with Crippen molar-refractivity contribution in [2.24, 2.45) is 0 Å². The summed E-state index contributed by atoms with van der Waals surface area (Å²) < 4.78 is 37.1. The summed E-state index contributed by atoms with van der Waals surface area (Å²) >= 11 is 0. The van der Waals surface area contributed by atoms with Crippen molar-refractivity contribution >= 4 is 21.6 Å². The molecule has 1 aromatic rings. The number of rotatable bonds is 7. The van der Waals surface area contributed by atoms with E-state index in [1.165, 1.54) is 25.7 Å². The minimum Gasteiger partial charge on any atom is -0.486 e. The van der Waals surface area contributed by atoms with Gasteiger partial charge in [0.25, 0.3) is 0 Å². The van der Waals surface area contributed by atoms with E-state index in [2.05, 4.69) is 10.2 Å². The average Bonchev–Trinajstić information content (AvgIpc) is 2.95. The first-order valence-corrected chi connectivity index (χ1v) is 12.1. The zero-order valence-corrected chi connectivity index (χ0v) is 18.0. The standard InChI is InChI=1S/C20H31N3O5S/c1-16(20(24)21-9-12-22-10-5-3-4-6-11-22)23(29(2,25)26)17-7-8-18-19(15-17)28-14-13-27-18/h7-8,15-16H,3-6,9-14H2,1-2H3,(H,21,24)/t16-/m1/s1. The number of benzene rings is 1. The third kappa shape index (κ3) is 5.76. The number of hydrogen-bond donors (Lipinski definition) is 1. The van der Waals surface area contributed by atoms with Crippen molar-refractivity contribution in [2.45, 2.75) is 38.6 Å². The van der Waals surface area contributed by atoms with Crippen LogP contribution >= 0.6 is 0 Å². The summed E-state index contributed by atoms with van der Waals surface area (Å²) in [4.78, 5) is 15.1. The van der Waals surface area contributed by atoms with Crippen LogP contribution in [0, 0.1) is 0 Å². The summed E-state index contributed by atoms with van der Waals surface area (Å²) in [6, 6.07) is 4.04. The summed E-state index contributed by atoms with van der Waals surface area (Å²) in [5.74, 6) is 0.735. The average molecular weight is 426 g/mol. The highest BCUT2D eigenvalue weighted by molar-refractivity contribution is 7.92. The lowest BCUT2D eigenvalue weighted by atomic mass is 10.2. The Bertz CT molecular complexity index is 806. The molecule has 1 saturated heterocycles. The molecule has 0 aliphatic carbocycles. The zero-order chi connectivity index (χ0) is 20.9. The van der Waals surface area contributed by atoms with Crippen molar-refractivity contribution in [3.05, 3.63) is 18.2 Å². The van der Waals surface area contributed by atoms with Gasteiger partial charge < -0.3 is 19.7 Å². The van der Waals surface area contributed by atoms with Gasteiger partial charge in [-0.25, -0.2) is 8.42 Å². The fourth-order valence-electron chi connectivity index (χ4n) is 3.82. The minimum atomic E-state index is -3.67. The van der Waals surface area contributed by atoms with Gasteiger partial charge in [-0.15, -0.1) is 0 Å². The highest BCUT2D eigenvalue weighted by Crippen LogP contribution is 2.35. The van der Waals surface area contributed by atoms with Gasteiger partial charge in [-0.2, -0.15) is 0 Å². The molecule has 0 bridgehead atoms. The lowest BCUT2D eigenvalue weighted by Gasteiger charge is -2.29. The molecule has 0 radical (unpaired) electrons. The van der Waals surface area contributed by atoms with Crippen LogP contribution in [0.4, 0.5) is 5.69 Å². The fraction of sp³-hybridized carbons (Fsp3) is 0.650. The number of ether oxygens (including phenoxy) is 2. The largest absolute Gasteiger partial charge is 0.486 e. The number of likely N-dealkylation sites (tertiary alicyclic amines) is 1. The molecule has 0 unspecified atom stereocenters. The Balaban J connectivity index is 1.66. The van der Waals surface area contributed by atoms with E-state index in [9.17, 15) is 13.2 Å². The zero-order valence-electron chi connectivity index (χ0n) is 17.2. The second-order valence-corrected chi connectivity index (χ2v) is 9.47. The molecule has 29 heavy (non-hydrogen) atoms. The normalized spacial score (nSPS) is 18.6. The smallest absolute Gasteiger partial charge is 0.243 e. The SMILES string of the molecule is C[C@H](C(=O)NCCN1CCCCCC1)N(c1ccc2c(c1)OCCO2)S(C)(=O)=O. The molecule has 162 valence electrons. The number of nitrogens with zero attached hydrogens (tertiary/aromatic N) is 2. The van der Waals surface area contributed by atoms with Crippen LogP contribution < -0.4 is 19.1 Å². The van der Waals surface area contributed by atoms with Crippen LogP contribution in [0.5, 0.6) is 11.5 Å². The maximum absolute atomic E-state index is 12.7. The van der Waals surface area contributed by atoms with Crippen LogP contribution in [0.15, 0.2) is 18.2 Å². The van der Waals surface area contributed by atoms with Gasteiger partial charge in [0.1, 0.15) is 19.3 Å². The van der Waals surface area contributed by atoms with Crippen molar-refractivity contribution in [2.75, 3.05) is 50.0 Å². The van der Waals surface area contributed by atoms with Gasteiger partial charge in [0.15, 0.2) is 11.5 Å². The number of amides is 1. The molecular weight excluding hydrogens is 394 g/mol. The maximum atomic E-state index is 12.7. The van der Waals surface area contributed by atoms with E-state index in [0.29, 0.717) is 36.9 Å². The molecule has 1 fully saturated rings. The predicted octanol–water partition coefficient (Wildman–Crippen LogP) is 1.60. The maximum Gasteiger partial charge on any atom is 0.243 e. The van der Waals surface area contributed by atoms with E-state index in [0.717, 1.165) is 30.2 Å². The molecule has 0 spiro atoms. The molecular formula is C20H31N3O5S. The second kappa shape index (κ2) is 9.67. The van der Waals surface area contributed by atoms with Crippen molar-refractivity contribution in [3.8, 4) is 11.5 Å². The van der Waals surface area contributed by atoms with Gasteiger partial charge in [0, 0.05) is 19.2 Å². The summed E-state index contributed by atoms with van der Waals surface area (Å²) in [6.45, 7) is 5.85. The van der Waals surface area contributed by atoms with Gasteiger partial charge in [-0.1, -0.05) is 12.8 Å². The van der Waals surface area contributed by atoms with Crippen molar-refractivity contribution in [1.29, 1.82) is 0 Å². The van der Waals surface area contributed by atoms with Crippen LogP contribution in [0.3, 0.4) is 0 Å². The number of carbonyl (C=O) groups excluding carboxylic acids is 1. The van der Waals surface area contributed by atoms with Gasteiger partial charge in [-0.3, -0.25) is 9.10 Å². The van der Waals surface area contributed by atoms with Crippen molar-refractivity contribution in [3.63, 3.8) is 0 Å². The molecule has 8 nitrogen and oxygen atoms in total. The molecule has 2 aliphatic heterocycles. The lowest BCUT2D eigenvalue weighted by Crippen LogP contribution is -2.49. The Labute approximate surface area is 173 Å². The highest BCUT2D eigenvalue weighted by atomic mass is 32.2. The molecule has 9 heteroatoms. The Morgan fingerprint density at radius 2 is 1.79 bits per heavy atom. The Morgan fingerprint density at radius 3 is 2.45 bits per heavy atom. The van der Waals surface area contributed by atoms with E-state index in [1.807, 2.05) is 0 Å². The number of sulfonamides is 1. The monoisotopic (exact) mass is 425 g/mol. The van der Waals surface area contributed by atoms with Gasteiger partial charge in [0.2, 0.25) is 15.9 Å². The Hall–Kier alpha value is -2.00. The van der Waals surface area contributed by atoms with Crippen LogP contribution in [-0.4, -0.2) is 70.9 Å². The third-order valence-electron chi connectivity index (χ3n) is 5.29. The highest BCUT2D eigenvalue weighted by Gasteiger charge is 2.30. The number of hydrogen-bond acceptors (Lipinski definition) is 6. The van der Waals surface area contributed by atoms with Crippen LogP contribution in [0.1, 0.15) is 32.6 Å². The van der Waals surface area contributed by atoms with E-state index in [-0.39, 0.29) is 5.91 Å². The molecule has 3 rings (SSSR count). The first-order valence-electron chi connectivity index (χ1n) is 10.3. The van der Waals surface area contributed by atoms with Crippen molar-refractivity contribution < 1.29 is 22.7 Å².